The van der Waals surface area contributed by atoms with E-state index < -0.39 is 0 Å². The fourth-order valence-corrected chi connectivity index (χ4v) is 6.98. The van der Waals surface area contributed by atoms with Gasteiger partial charge >= 0.3 is 0 Å². The summed E-state index contributed by atoms with van der Waals surface area (Å²) < 4.78 is 0. The third-order valence-electron chi connectivity index (χ3n) is 7.36. The van der Waals surface area contributed by atoms with E-state index >= 15 is 0 Å². The van der Waals surface area contributed by atoms with Crippen LogP contribution in [-0.2, 0) is 6.54 Å². The second-order valence-electron chi connectivity index (χ2n) is 9.98. The van der Waals surface area contributed by atoms with Gasteiger partial charge in [0.15, 0.2) is 5.78 Å². The zero-order valence-electron chi connectivity index (χ0n) is 22.5. The largest absolute Gasteiger partial charge is 0.358 e. The summed E-state index contributed by atoms with van der Waals surface area (Å²) in [6.07, 6.45) is 9.85. The lowest BCUT2D eigenvalue weighted by molar-refractivity contribution is 0.0959. The van der Waals surface area contributed by atoms with E-state index in [4.69, 9.17) is 12.2 Å². The number of thioether (sulfide) groups is 1. The molecule has 1 aliphatic rings. The van der Waals surface area contributed by atoms with Gasteiger partial charge in [-0.3, -0.25) is 9.78 Å². The van der Waals surface area contributed by atoms with Crippen LogP contribution in [0.2, 0.25) is 0 Å². The molecule has 1 saturated heterocycles. The number of piperidine rings is 1. The number of likely N-dealkylation sites (tertiary alicyclic amines) is 1. The summed E-state index contributed by atoms with van der Waals surface area (Å²) in [5.41, 5.74) is 3.59. The number of nitrogens with zero attached hydrogens (tertiary/aromatic N) is 5. The summed E-state index contributed by atoms with van der Waals surface area (Å²) >= 11 is 9.52. The highest BCUT2D eigenvalue weighted by molar-refractivity contribution is 8.01. The third kappa shape index (κ3) is 7.91. The van der Waals surface area contributed by atoms with Crippen LogP contribution in [0.1, 0.15) is 66.3 Å². The molecule has 1 fully saturated rings. The first-order chi connectivity index (χ1) is 18.4. The molecular formula is C29H37N5OS3. The van der Waals surface area contributed by atoms with E-state index in [-0.39, 0.29) is 5.78 Å². The van der Waals surface area contributed by atoms with Crippen LogP contribution in [0.25, 0.3) is 0 Å². The molecule has 4 rings (SSSR count). The van der Waals surface area contributed by atoms with Crippen molar-refractivity contribution in [3.63, 3.8) is 0 Å². The molecular weight excluding hydrogens is 531 g/mol. The van der Waals surface area contributed by atoms with E-state index in [0.29, 0.717) is 24.1 Å². The standard InChI is InChI=1S/C29H37N5OS3/c1-21(5-4-6-27(35)29-22(2)31-20-32-23(29)3)33-14-9-25(10-15-33)34(17-24-11-16-37-18-24)28(36)19-38-26-7-12-30-13-8-26/h7-8,11-13,16,18,20-21,25H,4-6,9-10,14-15,17,19H2,1-3H3. The fourth-order valence-electron chi connectivity index (χ4n) is 5.16. The van der Waals surface area contributed by atoms with Crippen molar-refractivity contribution in [2.45, 2.75) is 76.4 Å². The summed E-state index contributed by atoms with van der Waals surface area (Å²) in [5, 5.41) is 4.37. The second kappa shape index (κ2) is 14.3. The highest BCUT2D eigenvalue weighted by Gasteiger charge is 2.28. The van der Waals surface area contributed by atoms with Crippen LogP contribution >= 0.6 is 35.3 Å². The maximum atomic E-state index is 12.8. The molecule has 202 valence electrons. The molecule has 9 heteroatoms. The molecule has 3 aromatic heterocycles. The lowest BCUT2D eigenvalue weighted by atomic mass is 9.98. The zero-order valence-corrected chi connectivity index (χ0v) is 25.0. The first-order valence-corrected chi connectivity index (χ1v) is 15.6. The second-order valence-corrected chi connectivity index (χ2v) is 12.3. The van der Waals surface area contributed by atoms with Gasteiger partial charge in [0, 0.05) is 61.2 Å². The molecule has 0 radical (unpaired) electrons. The number of carbonyl (C=O) groups excluding carboxylic acids is 1. The molecule has 0 spiro atoms. The van der Waals surface area contributed by atoms with Crippen molar-refractivity contribution in [1.82, 2.24) is 24.8 Å². The van der Waals surface area contributed by atoms with Gasteiger partial charge in [0.1, 0.15) is 6.33 Å². The van der Waals surface area contributed by atoms with Crippen molar-refractivity contribution < 1.29 is 4.79 Å². The Balaban J connectivity index is 1.27. The van der Waals surface area contributed by atoms with Crippen molar-refractivity contribution in [3.8, 4) is 0 Å². The molecule has 1 atom stereocenters. The number of pyridine rings is 1. The lowest BCUT2D eigenvalue weighted by Crippen LogP contribution is -2.49. The molecule has 0 bridgehead atoms. The summed E-state index contributed by atoms with van der Waals surface area (Å²) in [4.78, 5) is 32.6. The Morgan fingerprint density at radius 1 is 1.18 bits per heavy atom. The Morgan fingerprint density at radius 3 is 2.55 bits per heavy atom. The van der Waals surface area contributed by atoms with Gasteiger partial charge in [-0.25, -0.2) is 9.97 Å². The fraction of sp³-hybridized carbons (Fsp3) is 0.483. The van der Waals surface area contributed by atoms with E-state index in [0.717, 1.165) is 67.4 Å². The van der Waals surface area contributed by atoms with Gasteiger partial charge in [-0.05, 0) is 81.0 Å². The molecule has 0 aliphatic carbocycles. The van der Waals surface area contributed by atoms with Gasteiger partial charge < -0.3 is 9.80 Å². The molecule has 0 aromatic carbocycles. The normalized spacial score (nSPS) is 15.3. The highest BCUT2D eigenvalue weighted by atomic mass is 32.2. The minimum atomic E-state index is 0.161. The van der Waals surface area contributed by atoms with Gasteiger partial charge in [0.25, 0.3) is 0 Å². The van der Waals surface area contributed by atoms with Gasteiger partial charge in [-0.2, -0.15) is 11.3 Å². The summed E-state index contributed by atoms with van der Waals surface area (Å²) in [5.74, 6) is 0.966. The Labute approximate surface area is 240 Å². The number of aromatic nitrogens is 3. The number of Topliss-reactive ketones (excluding diaryl/α,β-unsaturated/α-hetero) is 1. The van der Waals surface area contributed by atoms with Gasteiger partial charge in [0.05, 0.1) is 21.9 Å². The van der Waals surface area contributed by atoms with Crippen LogP contribution in [0.3, 0.4) is 0 Å². The number of hydrogen-bond donors (Lipinski definition) is 0. The SMILES string of the molecule is Cc1ncnc(C)c1C(=O)CCCC(C)N1CCC(N(Cc2ccsc2)C(=S)CSc2ccncc2)CC1. The smallest absolute Gasteiger partial charge is 0.166 e. The molecule has 1 aliphatic heterocycles. The topological polar surface area (TPSA) is 62.2 Å². The molecule has 6 nitrogen and oxygen atoms in total. The molecule has 0 N–H and O–H groups in total. The van der Waals surface area contributed by atoms with Crippen LogP contribution in [0, 0.1) is 13.8 Å². The van der Waals surface area contributed by atoms with Gasteiger partial charge in [-0.15, -0.1) is 11.8 Å². The third-order valence-corrected chi connectivity index (χ3v) is 9.68. The number of rotatable bonds is 12. The van der Waals surface area contributed by atoms with Crippen LogP contribution < -0.4 is 0 Å². The molecule has 0 amide bonds. The molecule has 38 heavy (non-hydrogen) atoms. The Bertz CT molecular complexity index is 1160. The van der Waals surface area contributed by atoms with Crippen molar-refractivity contribution in [2.75, 3.05) is 18.8 Å². The first kappa shape index (κ1) is 28.8. The maximum absolute atomic E-state index is 12.8. The number of ketones is 1. The summed E-state index contributed by atoms with van der Waals surface area (Å²) in [6, 6.07) is 7.20. The number of hydrogen-bond acceptors (Lipinski definition) is 8. The molecule has 4 heterocycles. The lowest BCUT2D eigenvalue weighted by Gasteiger charge is -2.42. The highest BCUT2D eigenvalue weighted by Crippen LogP contribution is 2.26. The van der Waals surface area contributed by atoms with Crippen molar-refractivity contribution in [3.05, 3.63) is 70.2 Å². The molecule has 1 unspecified atom stereocenters. The van der Waals surface area contributed by atoms with E-state index in [1.807, 2.05) is 38.4 Å². The molecule has 3 aromatic rings. The van der Waals surface area contributed by atoms with Gasteiger partial charge in [-0.1, -0.05) is 12.2 Å². The van der Waals surface area contributed by atoms with E-state index in [2.05, 4.69) is 48.5 Å². The average Bonchev–Trinajstić information content (AvgIpc) is 3.44. The van der Waals surface area contributed by atoms with E-state index in [1.54, 1.807) is 23.1 Å². The summed E-state index contributed by atoms with van der Waals surface area (Å²) in [6.45, 7) is 9.07. The first-order valence-electron chi connectivity index (χ1n) is 13.3. The van der Waals surface area contributed by atoms with Crippen molar-refractivity contribution in [1.29, 1.82) is 0 Å². The predicted octanol–water partition coefficient (Wildman–Crippen LogP) is 6.38. The number of carbonyl (C=O) groups is 1. The molecule has 0 saturated carbocycles. The van der Waals surface area contributed by atoms with Gasteiger partial charge in [0.2, 0.25) is 0 Å². The van der Waals surface area contributed by atoms with Crippen LogP contribution in [-0.4, -0.2) is 66.4 Å². The Kier molecular flexibility index (Phi) is 10.8. The van der Waals surface area contributed by atoms with E-state index in [9.17, 15) is 4.79 Å². The Morgan fingerprint density at radius 2 is 1.89 bits per heavy atom. The monoisotopic (exact) mass is 567 g/mol. The number of thiocarbonyl (C=S) groups is 1. The number of thiophene rings is 1. The summed E-state index contributed by atoms with van der Waals surface area (Å²) in [7, 11) is 0. The maximum Gasteiger partial charge on any atom is 0.166 e. The minimum Gasteiger partial charge on any atom is -0.358 e. The number of aryl methyl sites for hydroxylation is 2. The van der Waals surface area contributed by atoms with Crippen molar-refractivity contribution in [2.24, 2.45) is 0 Å². The van der Waals surface area contributed by atoms with Crippen molar-refractivity contribution >= 4 is 46.1 Å². The quantitative estimate of drug-likeness (QED) is 0.142. The van der Waals surface area contributed by atoms with Crippen LogP contribution in [0.4, 0.5) is 0 Å². The van der Waals surface area contributed by atoms with Crippen LogP contribution in [0.15, 0.2) is 52.6 Å². The predicted molar refractivity (Wildman–Crippen MR) is 161 cm³/mol. The van der Waals surface area contributed by atoms with Crippen LogP contribution in [0.5, 0.6) is 0 Å². The average molecular weight is 568 g/mol. The van der Waals surface area contributed by atoms with E-state index in [1.165, 1.54) is 16.8 Å². The Hall–Kier alpha value is -2.20. The minimum absolute atomic E-state index is 0.161. The zero-order chi connectivity index (χ0) is 26.9.